The zero-order valence-electron chi connectivity index (χ0n) is 14.6. The van der Waals surface area contributed by atoms with Crippen LogP contribution in [0.15, 0.2) is 6.07 Å². The molecular weight excluding hydrogens is 347 g/mol. The van der Waals surface area contributed by atoms with Crippen molar-refractivity contribution in [3.63, 3.8) is 0 Å². The first-order chi connectivity index (χ1) is 11.1. The van der Waals surface area contributed by atoms with Gasteiger partial charge in [0.05, 0.1) is 5.41 Å². The summed E-state index contributed by atoms with van der Waals surface area (Å²) in [6, 6.07) is 2.01. The number of amides is 1. The van der Waals surface area contributed by atoms with Crippen molar-refractivity contribution in [1.29, 1.82) is 0 Å². The second kappa shape index (κ2) is 6.03. The van der Waals surface area contributed by atoms with Crippen molar-refractivity contribution in [2.75, 3.05) is 31.1 Å². The maximum Gasteiger partial charge on any atom is 0.231 e. The molecule has 2 heterocycles. The molecule has 2 fully saturated rings. The van der Waals surface area contributed by atoms with Gasteiger partial charge in [-0.05, 0) is 20.3 Å². The third kappa shape index (κ3) is 3.08. The molecule has 3 rings (SSSR count). The molecule has 1 aliphatic carbocycles. The fraction of sp³-hybridized carbons (Fsp3) is 0.706. The van der Waals surface area contributed by atoms with Gasteiger partial charge in [-0.1, -0.05) is 13.8 Å². The predicted octanol–water partition coefficient (Wildman–Crippen LogP) is 3.14. The third-order valence-electron chi connectivity index (χ3n) is 5.00. The van der Waals surface area contributed by atoms with Gasteiger partial charge >= 0.3 is 0 Å². The lowest BCUT2D eigenvalue weighted by molar-refractivity contribution is -0.136. The van der Waals surface area contributed by atoms with E-state index in [0.29, 0.717) is 25.4 Å². The van der Waals surface area contributed by atoms with Crippen LogP contribution in [0, 0.1) is 12.3 Å². The molecule has 0 spiro atoms. The van der Waals surface area contributed by atoms with Crippen LogP contribution in [0.25, 0.3) is 0 Å². The zero-order chi connectivity index (χ0) is 17.7. The molecule has 0 unspecified atom stereocenters. The van der Waals surface area contributed by atoms with Gasteiger partial charge in [0, 0.05) is 43.9 Å². The molecule has 0 bridgehead atoms. The Bertz CT molecular complexity index is 656. The number of nitrogens with zero attached hydrogens (tertiary/aromatic N) is 4. The minimum absolute atomic E-state index is 0.0638. The molecule has 7 heteroatoms. The number of carbonyl (C=O) groups excluding carboxylic acids is 1. The smallest absolute Gasteiger partial charge is 0.231 e. The standard InChI is InChI=1S/C17H24Cl2N4O/c1-11(2)14-20-12(3)9-13(21-14)22-5-7-23(8-6-22)15(24)16(4)10-17(16,18)19/h9,11H,5-8,10H2,1-4H3/t16-/m1/s1. The molecule has 5 nitrogen and oxygen atoms in total. The van der Waals surface area contributed by atoms with E-state index < -0.39 is 9.75 Å². The summed E-state index contributed by atoms with van der Waals surface area (Å²) in [5, 5.41) is 0. The number of halogens is 2. The average molecular weight is 371 g/mol. The molecule has 1 saturated heterocycles. The number of alkyl halides is 2. The molecule has 0 N–H and O–H groups in total. The van der Waals surface area contributed by atoms with E-state index in [4.69, 9.17) is 23.2 Å². The number of hydrogen-bond donors (Lipinski definition) is 0. The third-order valence-corrected chi connectivity index (χ3v) is 6.10. The van der Waals surface area contributed by atoms with Crippen molar-refractivity contribution < 1.29 is 4.79 Å². The SMILES string of the molecule is Cc1cc(N2CCN(C(=O)[C@@]3(C)CC3(Cl)Cl)CC2)nc(C(C)C)n1. The van der Waals surface area contributed by atoms with E-state index in [1.54, 1.807) is 0 Å². The number of carbonyl (C=O) groups is 1. The molecule has 24 heavy (non-hydrogen) atoms. The number of aryl methyl sites for hydroxylation is 1. The first-order valence-electron chi connectivity index (χ1n) is 8.42. The van der Waals surface area contributed by atoms with E-state index in [1.165, 1.54) is 0 Å². The lowest BCUT2D eigenvalue weighted by Gasteiger charge is -2.37. The summed E-state index contributed by atoms with van der Waals surface area (Å²) in [7, 11) is 0. The average Bonchev–Trinajstić information content (AvgIpc) is 3.05. The lowest BCUT2D eigenvalue weighted by Crippen LogP contribution is -2.51. The summed E-state index contributed by atoms with van der Waals surface area (Å²) in [6.45, 7) is 10.9. The molecule has 1 amide bonds. The van der Waals surface area contributed by atoms with E-state index in [0.717, 1.165) is 30.4 Å². The molecule has 1 aliphatic heterocycles. The molecule has 0 radical (unpaired) electrons. The van der Waals surface area contributed by atoms with Gasteiger partial charge in [-0.25, -0.2) is 9.97 Å². The van der Waals surface area contributed by atoms with Crippen LogP contribution in [0.2, 0.25) is 0 Å². The summed E-state index contributed by atoms with van der Waals surface area (Å²) in [5.41, 5.74) is 0.343. The van der Waals surface area contributed by atoms with Gasteiger partial charge in [-0.2, -0.15) is 0 Å². The van der Waals surface area contributed by atoms with Gasteiger partial charge in [-0.3, -0.25) is 4.79 Å². The quantitative estimate of drug-likeness (QED) is 0.766. The number of aromatic nitrogens is 2. The minimum Gasteiger partial charge on any atom is -0.353 e. The highest BCUT2D eigenvalue weighted by Crippen LogP contribution is 2.64. The highest BCUT2D eigenvalue weighted by atomic mass is 35.5. The zero-order valence-corrected chi connectivity index (χ0v) is 16.2. The Labute approximate surface area is 153 Å². The molecule has 0 aromatic carbocycles. The Morgan fingerprint density at radius 1 is 1.21 bits per heavy atom. The highest BCUT2D eigenvalue weighted by Gasteiger charge is 2.68. The van der Waals surface area contributed by atoms with Crippen molar-refractivity contribution in [2.24, 2.45) is 5.41 Å². The van der Waals surface area contributed by atoms with Crippen molar-refractivity contribution in [3.05, 3.63) is 17.6 Å². The van der Waals surface area contributed by atoms with Gasteiger partial charge in [-0.15, -0.1) is 23.2 Å². The van der Waals surface area contributed by atoms with E-state index >= 15 is 0 Å². The second-order valence-corrected chi connectivity index (χ2v) is 8.86. The first-order valence-corrected chi connectivity index (χ1v) is 9.17. The highest BCUT2D eigenvalue weighted by molar-refractivity contribution is 6.53. The van der Waals surface area contributed by atoms with Gasteiger partial charge in [0.15, 0.2) is 0 Å². The summed E-state index contributed by atoms with van der Waals surface area (Å²) in [4.78, 5) is 25.9. The van der Waals surface area contributed by atoms with Gasteiger partial charge < -0.3 is 9.80 Å². The second-order valence-electron chi connectivity index (χ2n) is 7.37. The molecule has 1 saturated carbocycles. The van der Waals surface area contributed by atoms with E-state index in [-0.39, 0.29) is 5.91 Å². The Kier molecular flexibility index (Phi) is 4.45. The van der Waals surface area contributed by atoms with E-state index in [1.807, 2.05) is 24.8 Å². The maximum absolute atomic E-state index is 12.7. The maximum atomic E-state index is 12.7. The predicted molar refractivity (Wildman–Crippen MR) is 96.8 cm³/mol. The normalized spacial score (nSPS) is 26.0. The Morgan fingerprint density at radius 2 is 1.79 bits per heavy atom. The van der Waals surface area contributed by atoms with Gasteiger partial charge in [0.25, 0.3) is 0 Å². The fourth-order valence-corrected chi connectivity index (χ4v) is 3.81. The van der Waals surface area contributed by atoms with Gasteiger partial charge in [0.1, 0.15) is 16.0 Å². The summed E-state index contributed by atoms with van der Waals surface area (Å²) in [6.07, 6.45) is 0.533. The first kappa shape index (κ1) is 17.7. The molecule has 1 aromatic rings. The van der Waals surface area contributed by atoms with Crippen LogP contribution in [0.4, 0.5) is 5.82 Å². The van der Waals surface area contributed by atoms with Crippen LogP contribution in [-0.4, -0.2) is 51.3 Å². The minimum atomic E-state index is -0.906. The Hall–Kier alpha value is -1.07. The van der Waals surface area contributed by atoms with Crippen LogP contribution in [-0.2, 0) is 4.79 Å². The van der Waals surface area contributed by atoms with Gasteiger partial charge in [0.2, 0.25) is 5.91 Å². The molecule has 1 atom stereocenters. The molecule has 1 aromatic heterocycles. The van der Waals surface area contributed by atoms with Crippen molar-refractivity contribution >= 4 is 34.9 Å². The van der Waals surface area contributed by atoms with Crippen LogP contribution in [0.5, 0.6) is 0 Å². The summed E-state index contributed by atoms with van der Waals surface area (Å²) < 4.78 is -0.906. The Balaban J connectivity index is 1.67. The number of piperazine rings is 1. The Morgan fingerprint density at radius 3 is 2.29 bits per heavy atom. The molecular formula is C17H24Cl2N4O. The van der Waals surface area contributed by atoms with Crippen molar-refractivity contribution in [1.82, 2.24) is 14.9 Å². The largest absolute Gasteiger partial charge is 0.353 e. The lowest BCUT2D eigenvalue weighted by atomic mass is 10.1. The summed E-state index contributed by atoms with van der Waals surface area (Å²) in [5.74, 6) is 2.17. The topological polar surface area (TPSA) is 49.3 Å². The van der Waals surface area contributed by atoms with Crippen LogP contribution >= 0.6 is 23.2 Å². The van der Waals surface area contributed by atoms with Crippen LogP contribution in [0.1, 0.15) is 44.6 Å². The molecule has 132 valence electrons. The van der Waals surface area contributed by atoms with E-state index in [9.17, 15) is 4.79 Å². The summed E-state index contributed by atoms with van der Waals surface area (Å²) >= 11 is 12.3. The molecule has 2 aliphatic rings. The van der Waals surface area contributed by atoms with Crippen LogP contribution in [0.3, 0.4) is 0 Å². The van der Waals surface area contributed by atoms with Crippen molar-refractivity contribution in [2.45, 2.75) is 44.4 Å². The monoisotopic (exact) mass is 370 g/mol. The fourth-order valence-electron chi connectivity index (χ4n) is 3.11. The number of rotatable bonds is 3. The van der Waals surface area contributed by atoms with Crippen LogP contribution < -0.4 is 4.90 Å². The van der Waals surface area contributed by atoms with E-state index in [2.05, 4.69) is 28.7 Å². The number of anilines is 1. The van der Waals surface area contributed by atoms with Crippen molar-refractivity contribution in [3.8, 4) is 0 Å². The number of hydrogen-bond acceptors (Lipinski definition) is 4.